The van der Waals surface area contributed by atoms with Crippen molar-refractivity contribution in [3.05, 3.63) is 64.6 Å². The molecule has 2 fully saturated rings. The number of carbonyl (C=O) groups excluding carboxylic acids is 1. The minimum atomic E-state index is -4.85. The summed E-state index contributed by atoms with van der Waals surface area (Å²) in [6.45, 7) is 3.87. The largest absolute Gasteiger partial charge is 0.573 e. The zero-order valence-corrected chi connectivity index (χ0v) is 23.2. The first kappa shape index (κ1) is 29.1. The highest BCUT2D eigenvalue weighted by Crippen LogP contribution is 2.33. The number of ether oxygens (including phenoxy) is 2. The Labute approximate surface area is 236 Å². The molecule has 3 aliphatic heterocycles. The Kier molecular flexibility index (Phi) is 8.13. The van der Waals surface area contributed by atoms with Crippen molar-refractivity contribution in [2.75, 3.05) is 26.2 Å². The normalized spacial score (nSPS) is 20.3. The number of aryl methyl sites for hydroxylation is 1. The summed E-state index contributed by atoms with van der Waals surface area (Å²) < 4.78 is 75.3. The first-order chi connectivity index (χ1) is 19.4. The number of nitrogens with one attached hydrogen (secondary N) is 2. The van der Waals surface area contributed by atoms with Gasteiger partial charge in [0.15, 0.2) is 0 Å². The molecule has 0 atom stereocenters. The van der Waals surface area contributed by atoms with Gasteiger partial charge in [-0.05, 0) is 87.2 Å². The highest BCUT2D eigenvalue weighted by molar-refractivity contribution is 7.92. The van der Waals surface area contributed by atoms with Crippen LogP contribution in [-0.4, -0.2) is 68.7 Å². The van der Waals surface area contributed by atoms with Crippen LogP contribution in [0.3, 0.4) is 0 Å². The molecule has 3 aliphatic rings. The molecule has 220 valence electrons. The van der Waals surface area contributed by atoms with Gasteiger partial charge in [-0.15, -0.1) is 13.2 Å². The van der Waals surface area contributed by atoms with Crippen molar-refractivity contribution in [2.24, 2.45) is 4.99 Å². The highest BCUT2D eigenvalue weighted by Gasteiger charge is 2.47. The number of benzene rings is 2. The number of hydrogen-bond acceptors (Lipinski definition) is 7. The van der Waals surface area contributed by atoms with Gasteiger partial charge in [0.2, 0.25) is 10.0 Å². The number of alkyl halides is 3. The van der Waals surface area contributed by atoms with Crippen molar-refractivity contribution in [3.63, 3.8) is 0 Å². The van der Waals surface area contributed by atoms with Crippen LogP contribution in [0.25, 0.3) is 6.08 Å². The Balaban J connectivity index is 1.22. The molecule has 3 heterocycles. The van der Waals surface area contributed by atoms with E-state index >= 15 is 0 Å². The number of piperidine rings is 2. The molecule has 1 amide bonds. The average Bonchev–Trinajstić information content (AvgIpc) is 3.23. The number of rotatable bonds is 7. The molecule has 0 aromatic heterocycles. The lowest BCUT2D eigenvalue weighted by Gasteiger charge is -2.34. The van der Waals surface area contributed by atoms with Crippen molar-refractivity contribution >= 4 is 27.8 Å². The standard InChI is InChI=1S/C28H31F3N4O5S/c1-19-17-23(39-22-7-12-32-13-8-22)6-5-20(19)9-16-41(37,38)35-14-10-27(11-15-35)26(36)33-25(34-27)21-3-2-4-24(18-21)40-28(29,30)31/h2-6,9,16-18,22,32H,7-8,10-15H2,1H3,(H,33,34,36)/b16-9+. The maximum absolute atomic E-state index is 13.1. The topological polar surface area (TPSA) is 109 Å². The van der Waals surface area contributed by atoms with Crippen LogP contribution in [0.15, 0.2) is 52.9 Å². The van der Waals surface area contributed by atoms with Crippen molar-refractivity contribution in [1.82, 2.24) is 14.9 Å². The van der Waals surface area contributed by atoms with Gasteiger partial charge < -0.3 is 20.1 Å². The van der Waals surface area contributed by atoms with Crippen LogP contribution >= 0.6 is 0 Å². The third-order valence-corrected chi connectivity index (χ3v) is 9.05. The minimum Gasteiger partial charge on any atom is -0.490 e. The molecule has 5 rings (SSSR count). The van der Waals surface area contributed by atoms with E-state index in [0.717, 1.165) is 60.3 Å². The summed E-state index contributed by atoms with van der Waals surface area (Å²) >= 11 is 0. The van der Waals surface area contributed by atoms with Crippen LogP contribution in [0.4, 0.5) is 13.2 Å². The van der Waals surface area contributed by atoms with Gasteiger partial charge in [0.05, 0.1) is 0 Å². The molecular formula is C28H31F3N4O5S. The third-order valence-electron chi connectivity index (χ3n) is 7.48. The number of hydrogen-bond donors (Lipinski definition) is 2. The van der Waals surface area contributed by atoms with Gasteiger partial charge in [0.1, 0.15) is 29.0 Å². The van der Waals surface area contributed by atoms with Gasteiger partial charge in [0, 0.05) is 24.1 Å². The number of nitrogens with zero attached hydrogens (tertiary/aromatic N) is 2. The van der Waals surface area contributed by atoms with Crippen LogP contribution in [0, 0.1) is 6.92 Å². The van der Waals surface area contributed by atoms with E-state index in [1.807, 2.05) is 25.1 Å². The van der Waals surface area contributed by atoms with Crippen molar-refractivity contribution < 1.29 is 35.9 Å². The Hall–Kier alpha value is -3.42. The number of aliphatic imine (C=N–C) groups is 1. The van der Waals surface area contributed by atoms with Crippen molar-refractivity contribution in [1.29, 1.82) is 0 Å². The van der Waals surface area contributed by atoms with E-state index < -0.39 is 33.6 Å². The van der Waals surface area contributed by atoms with E-state index in [4.69, 9.17) is 4.74 Å². The van der Waals surface area contributed by atoms with E-state index in [9.17, 15) is 26.4 Å². The van der Waals surface area contributed by atoms with E-state index in [1.165, 1.54) is 16.4 Å². The second-order valence-corrected chi connectivity index (χ2v) is 12.2. The number of halogens is 3. The predicted molar refractivity (Wildman–Crippen MR) is 147 cm³/mol. The first-order valence-electron chi connectivity index (χ1n) is 13.4. The summed E-state index contributed by atoms with van der Waals surface area (Å²) in [5.74, 6) is 0.0383. The predicted octanol–water partition coefficient (Wildman–Crippen LogP) is 3.74. The first-order valence-corrected chi connectivity index (χ1v) is 14.9. The van der Waals surface area contributed by atoms with E-state index in [1.54, 1.807) is 6.08 Å². The Morgan fingerprint density at radius 1 is 1.07 bits per heavy atom. The molecule has 0 radical (unpaired) electrons. The summed E-state index contributed by atoms with van der Waals surface area (Å²) in [5.41, 5.74) is 0.709. The smallest absolute Gasteiger partial charge is 0.490 e. The van der Waals surface area contributed by atoms with Crippen LogP contribution in [0.5, 0.6) is 11.5 Å². The van der Waals surface area contributed by atoms with Gasteiger partial charge in [0.25, 0.3) is 5.91 Å². The lowest BCUT2D eigenvalue weighted by atomic mass is 9.89. The van der Waals surface area contributed by atoms with Crippen molar-refractivity contribution in [2.45, 2.75) is 50.6 Å². The minimum absolute atomic E-state index is 0.0656. The quantitative estimate of drug-likeness (QED) is 0.507. The van der Waals surface area contributed by atoms with Crippen LogP contribution < -0.4 is 20.1 Å². The van der Waals surface area contributed by atoms with Crippen LogP contribution in [0.1, 0.15) is 42.4 Å². The van der Waals surface area contributed by atoms with Gasteiger partial charge in [-0.1, -0.05) is 18.2 Å². The second kappa shape index (κ2) is 11.5. The molecule has 2 N–H and O–H groups in total. The third kappa shape index (κ3) is 6.91. The van der Waals surface area contributed by atoms with Gasteiger partial charge in [-0.2, -0.15) is 4.31 Å². The molecule has 2 saturated heterocycles. The molecule has 2 aromatic carbocycles. The molecular weight excluding hydrogens is 561 g/mol. The summed E-state index contributed by atoms with van der Waals surface area (Å²) in [4.78, 5) is 17.4. The lowest BCUT2D eigenvalue weighted by molar-refractivity contribution is -0.274. The monoisotopic (exact) mass is 592 g/mol. The van der Waals surface area contributed by atoms with Gasteiger partial charge >= 0.3 is 6.36 Å². The van der Waals surface area contributed by atoms with E-state index in [-0.39, 0.29) is 43.4 Å². The maximum atomic E-state index is 13.1. The molecule has 0 bridgehead atoms. The number of amidine groups is 1. The van der Waals surface area contributed by atoms with Crippen LogP contribution in [0.2, 0.25) is 0 Å². The molecule has 9 nitrogen and oxygen atoms in total. The summed E-state index contributed by atoms with van der Waals surface area (Å²) in [7, 11) is -3.77. The summed E-state index contributed by atoms with van der Waals surface area (Å²) in [6.07, 6.45) is -0.987. The van der Waals surface area contributed by atoms with Crippen molar-refractivity contribution in [3.8, 4) is 11.5 Å². The Bertz CT molecular complexity index is 1460. The molecule has 2 aromatic rings. The maximum Gasteiger partial charge on any atom is 0.573 e. The fourth-order valence-electron chi connectivity index (χ4n) is 5.20. The zero-order chi connectivity index (χ0) is 29.3. The van der Waals surface area contributed by atoms with Gasteiger partial charge in [-0.3, -0.25) is 9.79 Å². The van der Waals surface area contributed by atoms with Crippen LogP contribution in [-0.2, 0) is 14.8 Å². The molecule has 13 heteroatoms. The van der Waals surface area contributed by atoms with E-state index in [2.05, 4.69) is 20.4 Å². The average molecular weight is 593 g/mol. The zero-order valence-electron chi connectivity index (χ0n) is 22.4. The Morgan fingerprint density at radius 2 is 1.80 bits per heavy atom. The molecule has 0 saturated carbocycles. The second-order valence-electron chi connectivity index (χ2n) is 10.4. The number of sulfonamides is 1. The molecule has 0 aliphatic carbocycles. The Morgan fingerprint density at radius 3 is 2.49 bits per heavy atom. The molecule has 0 unspecified atom stereocenters. The number of carbonyl (C=O) groups is 1. The summed E-state index contributed by atoms with van der Waals surface area (Å²) in [5, 5.41) is 7.10. The fraction of sp³-hybridized carbons (Fsp3) is 0.429. The summed E-state index contributed by atoms with van der Waals surface area (Å²) in [6, 6.07) is 10.7. The highest BCUT2D eigenvalue weighted by atomic mass is 32.2. The van der Waals surface area contributed by atoms with E-state index in [0.29, 0.717) is 0 Å². The molecule has 1 spiro atoms. The number of amides is 1. The fourth-order valence-corrected chi connectivity index (χ4v) is 6.39. The SMILES string of the molecule is Cc1cc(OC2CCNCC2)ccc1/C=C/S(=O)(=O)N1CCC2(CC1)N=C(c1cccc(OC(F)(F)F)c1)NC2=O. The lowest BCUT2D eigenvalue weighted by Crippen LogP contribution is -2.50. The van der Waals surface area contributed by atoms with Gasteiger partial charge in [-0.25, -0.2) is 8.42 Å². The molecule has 41 heavy (non-hydrogen) atoms.